The van der Waals surface area contributed by atoms with Crippen molar-refractivity contribution >= 4 is 0 Å². The van der Waals surface area contributed by atoms with Crippen molar-refractivity contribution in [3.63, 3.8) is 0 Å². The predicted octanol–water partition coefficient (Wildman–Crippen LogP) is 2.17. The van der Waals surface area contributed by atoms with Crippen molar-refractivity contribution in [2.75, 3.05) is 7.05 Å². The maximum absolute atomic E-state index is 10.6. The lowest BCUT2D eigenvalue weighted by atomic mass is 9.74. The van der Waals surface area contributed by atoms with Crippen LogP contribution in [-0.2, 0) is 0 Å². The Balaban J connectivity index is 2.02. The maximum Gasteiger partial charge on any atom is 0.0786 e. The quantitative estimate of drug-likeness (QED) is 0.686. The summed E-state index contributed by atoms with van der Waals surface area (Å²) in [7, 11) is 2.21. The monoisotopic (exact) mass is 221 g/mol. The lowest BCUT2D eigenvalue weighted by Gasteiger charge is -2.50. The predicted molar refractivity (Wildman–Crippen MR) is 66.1 cm³/mol. The first-order valence-electron chi connectivity index (χ1n) is 6.55. The molecule has 2 aliphatic heterocycles. The third kappa shape index (κ3) is 2.42. The van der Waals surface area contributed by atoms with Crippen LogP contribution in [0.25, 0.3) is 0 Å². The van der Waals surface area contributed by atoms with Gasteiger partial charge in [-0.3, -0.25) is 0 Å². The van der Waals surface area contributed by atoms with E-state index in [0.29, 0.717) is 18.5 Å². The van der Waals surface area contributed by atoms with E-state index in [9.17, 15) is 5.11 Å². The second-order valence-corrected chi connectivity index (χ2v) is 5.42. The molecule has 2 aliphatic rings. The van der Waals surface area contributed by atoms with Gasteiger partial charge in [0.05, 0.1) is 5.60 Å². The Morgan fingerprint density at radius 3 is 2.44 bits per heavy atom. The molecule has 2 unspecified atom stereocenters. The Kier molecular flexibility index (Phi) is 3.56. The molecule has 0 aliphatic carbocycles. The topological polar surface area (TPSA) is 23.5 Å². The average molecular weight is 221 g/mol. The van der Waals surface area contributed by atoms with Crippen LogP contribution in [0.4, 0.5) is 0 Å². The van der Waals surface area contributed by atoms with E-state index in [2.05, 4.69) is 30.7 Å². The Morgan fingerprint density at radius 1 is 1.25 bits per heavy atom. The molecule has 0 aromatic carbocycles. The molecule has 2 heteroatoms. The molecule has 2 nitrogen and oxygen atoms in total. The molecule has 2 rings (SSSR count). The SMILES string of the molecule is CCC#CCC1(O)CC2CCCC(C1)N2C. The Bertz CT molecular complexity index is 288. The summed E-state index contributed by atoms with van der Waals surface area (Å²) < 4.78 is 0. The minimum atomic E-state index is -0.509. The Labute approximate surface area is 99.0 Å². The smallest absolute Gasteiger partial charge is 0.0786 e. The summed E-state index contributed by atoms with van der Waals surface area (Å²) in [6, 6.07) is 1.17. The van der Waals surface area contributed by atoms with Crippen LogP contribution in [0.2, 0.25) is 0 Å². The molecule has 16 heavy (non-hydrogen) atoms. The van der Waals surface area contributed by atoms with E-state index in [1.165, 1.54) is 19.3 Å². The van der Waals surface area contributed by atoms with Gasteiger partial charge in [-0.25, -0.2) is 0 Å². The fourth-order valence-corrected chi connectivity index (χ4v) is 3.24. The van der Waals surface area contributed by atoms with Crippen LogP contribution in [0, 0.1) is 11.8 Å². The van der Waals surface area contributed by atoms with E-state index in [1.54, 1.807) is 0 Å². The van der Waals surface area contributed by atoms with Crippen molar-refractivity contribution in [1.29, 1.82) is 0 Å². The largest absolute Gasteiger partial charge is 0.389 e. The number of rotatable bonds is 1. The van der Waals surface area contributed by atoms with Gasteiger partial charge < -0.3 is 10.0 Å². The molecule has 2 heterocycles. The molecule has 90 valence electrons. The summed E-state index contributed by atoms with van der Waals surface area (Å²) in [6.45, 7) is 2.06. The molecule has 1 N–H and O–H groups in total. The summed E-state index contributed by atoms with van der Waals surface area (Å²) in [5.41, 5.74) is -0.509. The maximum atomic E-state index is 10.6. The van der Waals surface area contributed by atoms with Gasteiger partial charge in [0.2, 0.25) is 0 Å². The van der Waals surface area contributed by atoms with Crippen molar-refractivity contribution in [1.82, 2.24) is 4.90 Å². The van der Waals surface area contributed by atoms with Gasteiger partial charge in [-0.2, -0.15) is 0 Å². The normalized spacial score (nSPS) is 38.9. The van der Waals surface area contributed by atoms with Crippen LogP contribution in [-0.4, -0.2) is 34.7 Å². The highest BCUT2D eigenvalue weighted by Gasteiger charge is 2.43. The first-order valence-corrected chi connectivity index (χ1v) is 6.55. The molecular weight excluding hydrogens is 198 g/mol. The summed E-state index contributed by atoms with van der Waals surface area (Å²) >= 11 is 0. The molecule has 0 aromatic heterocycles. The highest BCUT2D eigenvalue weighted by molar-refractivity contribution is 5.07. The van der Waals surface area contributed by atoms with Gasteiger partial charge in [-0.1, -0.05) is 13.3 Å². The molecule has 2 bridgehead atoms. The summed E-state index contributed by atoms with van der Waals surface area (Å²) in [4.78, 5) is 2.48. The van der Waals surface area contributed by atoms with Crippen molar-refractivity contribution in [3.8, 4) is 11.8 Å². The van der Waals surface area contributed by atoms with E-state index in [4.69, 9.17) is 0 Å². The third-order valence-electron chi connectivity index (χ3n) is 4.18. The molecular formula is C14H23NO. The zero-order chi connectivity index (χ0) is 11.6. The molecule has 0 aromatic rings. The zero-order valence-electron chi connectivity index (χ0n) is 10.5. The first kappa shape index (κ1) is 12.0. The van der Waals surface area contributed by atoms with E-state index in [0.717, 1.165) is 19.3 Å². The fraction of sp³-hybridized carbons (Fsp3) is 0.857. The van der Waals surface area contributed by atoms with Crippen molar-refractivity contribution < 1.29 is 5.11 Å². The molecule has 2 atom stereocenters. The zero-order valence-corrected chi connectivity index (χ0v) is 10.5. The summed E-state index contributed by atoms with van der Waals surface area (Å²) in [5, 5.41) is 10.6. The molecule has 2 fully saturated rings. The number of hydrogen-bond donors (Lipinski definition) is 1. The Morgan fingerprint density at radius 2 is 1.88 bits per heavy atom. The average Bonchev–Trinajstić information content (AvgIpc) is 2.21. The Hall–Kier alpha value is -0.520. The van der Waals surface area contributed by atoms with Gasteiger partial charge in [0.15, 0.2) is 0 Å². The van der Waals surface area contributed by atoms with E-state index < -0.39 is 5.60 Å². The molecule has 0 spiro atoms. The second kappa shape index (κ2) is 4.77. The molecule has 0 saturated carbocycles. The standard InChI is InChI=1S/C14H23NO/c1-3-4-5-9-14(16)10-12-7-6-8-13(11-14)15(12)2/h12-13,16H,3,6-11H2,1-2H3. The lowest BCUT2D eigenvalue weighted by Crippen LogP contribution is -2.56. The molecule has 0 amide bonds. The van der Waals surface area contributed by atoms with Crippen molar-refractivity contribution in [2.45, 2.75) is 69.6 Å². The van der Waals surface area contributed by atoms with Gasteiger partial charge in [-0.15, -0.1) is 11.8 Å². The van der Waals surface area contributed by atoms with Gasteiger partial charge in [0.25, 0.3) is 0 Å². The molecule has 2 saturated heterocycles. The van der Waals surface area contributed by atoms with Crippen LogP contribution in [0.15, 0.2) is 0 Å². The number of piperidine rings is 2. The number of nitrogens with zero attached hydrogens (tertiary/aromatic N) is 1. The van der Waals surface area contributed by atoms with Gasteiger partial charge in [0.1, 0.15) is 0 Å². The number of aliphatic hydroxyl groups is 1. The number of hydrogen-bond acceptors (Lipinski definition) is 2. The third-order valence-corrected chi connectivity index (χ3v) is 4.18. The van der Waals surface area contributed by atoms with Crippen LogP contribution >= 0.6 is 0 Å². The minimum absolute atomic E-state index is 0.509. The lowest BCUT2D eigenvalue weighted by molar-refractivity contribution is -0.0793. The van der Waals surface area contributed by atoms with E-state index in [-0.39, 0.29) is 0 Å². The highest BCUT2D eigenvalue weighted by Crippen LogP contribution is 2.39. The van der Waals surface area contributed by atoms with Gasteiger partial charge in [-0.05, 0) is 32.7 Å². The summed E-state index contributed by atoms with van der Waals surface area (Å²) in [6.07, 6.45) is 7.21. The van der Waals surface area contributed by atoms with E-state index >= 15 is 0 Å². The second-order valence-electron chi connectivity index (χ2n) is 5.42. The van der Waals surface area contributed by atoms with Crippen LogP contribution in [0.1, 0.15) is 51.9 Å². The number of fused-ring (bicyclic) bond motifs is 2. The molecule has 0 radical (unpaired) electrons. The van der Waals surface area contributed by atoms with Crippen LogP contribution < -0.4 is 0 Å². The van der Waals surface area contributed by atoms with Crippen molar-refractivity contribution in [2.24, 2.45) is 0 Å². The minimum Gasteiger partial charge on any atom is -0.389 e. The highest BCUT2D eigenvalue weighted by atomic mass is 16.3. The van der Waals surface area contributed by atoms with Crippen LogP contribution in [0.3, 0.4) is 0 Å². The first-order chi connectivity index (χ1) is 7.64. The van der Waals surface area contributed by atoms with E-state index in [1.807, 2.05) is 0 Å². The fourth-order valence-electron chi connectivity index (χ4n) is 3.24. The van der Waals surface area contributed by atoms with Crippen LogP contribution in [0.5, 0.6) is 0 Å². The van der Waals surface area contributed by atoms with Gasteiger partial charge in [0, 0.05) is 24.9 Å². The van der Waals surface area contributed by atoms with Gasteiger partial charge >= 0.3 is 0 Å². The van der Waals surface area contributed by atoms with Crippen molar-refractivity contribution in [3.05, 3.63) is 0 Å². The summed E-state index contributed by atoms with van der Waals surface area (Å²) in [5.74, 6) is 6.20.